The summed E-state index contributed by atoms with van der Waals surface area (Å²) < 4.78 is 17.0. The van der Waals surface area contributed by atoms with Crippen molar-refractivity contribution in [3.63, 3.8) is 0 Å². The lowest BCUT2D eigenvalue weighted by atomic mass is 9.46. The molecule has 4 rings (SSSR count). The molecule has 0 heterocycles. The minimum Gasteiger partial charge on any atom is -0.465 e. The van der Waals surface area contributed by atoms with Gasteiger partial charge >= 0.3 is 11.9 Å². The second-order valence-electron chi connectivity index (χ2n) is 19.3. The fourth-order valence-corrected chi connectivity index (χ4v) is 11.0. The molecule has 0 aliphatic heterocycles. The quantitative estimate of drug-likeness (QED) is 0.121. The van der Waals surface area contributed by atoms with Gasteiger partial charge in [0.25, 0.3) is 0 Å². The van der Waals surface area contributed by atoms with Crippen LogP contribution in [0.25, 0.3) is 0 Å². The van der Waals surface area contributed by atoms with Crippen molar-refractivity contribution >= 4 is 11.9 Å². The lowest BCUT2D eigenvalue weighted by Gasteiger charge is -2.58. The van der Waals surface area contributed by atoms with E-state index in [0.29, 0.717) is 24.5 Å². The number of ether oxygens (including phenoxy) is 3. The summed E-state index contributed by atoms with van der Waals surface area (Å²) in [5.41, 5.74) is 1.25. The molecule has 4 aliphatic carbocycles. The molecule has 0 amide bonds. The summed E-state index contributed by atoms with van der Waals surface area (Å²) in [7, 11) is 0. The number of aliphatic hydroxyl groups excluding tert-OH is 1. The maximum atomic E-state index is 12.6. The Bertz CT molecular complexity index is 1140. The molecule has 0 aromatic carbocycles. The molecule has 0 saturated heterocycles. The highest BCUT2D eigenvalue weighted by atomic mass is 16.6. The van der Waals surface area contributed by atoms with Crippen LogP contribution >= 0.6 is 0 Å². The summed E-state index contributed by atoms with van der Waals surface area (Å²) in [4.78, 5) is 25.1. The van der Waals surface area contributed by atoms with E-state index in [4.69, 9.17) is 14.2 Å². The van der Waals surface area contributed by atoms with Crippen LogP contribution in [0.4, 0.5) is 0 Å². The summed E-state index contributed by atoms with van der Waals surface area (Å²) in [6.07, 6.45) is 16.9. The third-order valence-corrected chi connectivity index (χ3v) is 14.2. The molecule has 9 atom stereocenters. The first kappa shape index (κ1) is 40.4. The van der Waals surface area contributed by atoms with Crippen LogP contribution in [0.3, 0.4) is 0 Å². The Labute approximate surface area is 300 Å². The van der Waals surface area contributed by atoms with Gasteiger partial charge in [-0.05, 0) is 130 Å². The van der Waals surface area contributed by atoms with E-state index >= 15 is 0 Å². The van der Waals surface area contributed by atoms with Gasteiger partial charge in [-0.15, -0.1) is 0 Å². The molecule has 3 fully saturated rings. The van der Waals surface area contributed by atoms with Crippen LogP contribution < -0.4 is 0 Å². The van der Waals surface area contributed by atoms with Gasteiger partial charge in [-0.25, -0.2) is 0 Å². The number of carbonyl (C=O) groups excluding carboxylic acids is 2. The standard InChI is InChI=1S/C43H74O6/c1-11-32(29(2)3)13-12-30(4)35-16-17-36-34-15-14-33-24-31(20-22-42(33,9)37(34)21-23-43(35,36)10)25-48-38(45)18-19-39(46)49-41(7,8)28-47-27-40(5,6)26-44/h14,29-32,34-37,44H,11-13,15-28H2,1-10H3. The van der Waals surface area contributed by atoms with Crippen LogP contribution in [0, 0.1) is 63.6 Å². The molecule has 1 N–H and O–H groups in total. The number of carbonyl (C=O) groups is 2. The Morgan fingerprint density at radius 2 is 1.65 bits per heavy atom. The second-order valence-corrected chi connectivity index (χ2v) is 19.3. The van der Waals surface area contributed by atoms with Crippen molar-refractivity contribution in [1.82, 2.24) is 0 Å². The van der Waals surface area contributed by atoms with Gasteiger partial charge in [-0.2, -0.15) is 0 Å². The highest BCUT2D eigenvalue weighted by Gasteiger charge is 2.59. The van der Waals surface area contributed by atoms with Gasteiger partial charge in [0.1, 0.15) is 5.60 Å². The summed E-state index contributed by atoms with van der Waals surface area (Å²) in [6.45, 7) is 23.5. The Hall–Kier alpha value is -1.40. The molecule has 3 saturated carbocycles. The Morgan fingerprint density at radius 1 is 0.939 bits per heavy atom. The minimum absolute atomic E-state index is 0.00171. The van der Waals surface area contributed by atoms with Gasteiger partial charge in [-0.3, -0.25) is 9.59 Å². The van der Waals surface area contributed by atoms with E-state index < -0.39 is 11.6 Å². The van der Waals surface area contributed by atoms with Crippen molar-refractivity contribution < 1.29 is 28.9 Å². The second kappa shape index (κ2) is 16.5. The van der Waals surface area contributed by atoms with Crippen LogP contribution in [0.15, 0.2) is 11.6 Å². The van der Waals surface area contributed by atoms with Crippen LogP contribution in [-0.4, -0.2) is 49.1 Å². The Balaban J connectivity index is 1.23. The van der Waals surface area contributed by atoms with E-state index in [0.717, 1.165) is 54.3 Å². The lowest BCUT2D eigenvalue weighted by Crippen LogP contribution is -2.50. The van der Waals surface area contributed by atoms with Crippen molar-refractivity contribution in [2.24, 2.45) is 63.6 Å². The van der Waals surface area contributed by atoms with Gasteiger partial charge in [0, 0.05) is 5.41 Å². The molecule has 0 radical (unpaired) electrons. The molecule has 0 bridgehead atoms. The van der Waals surface area contributed by atoms with Gasteiger partial charge < -0.3 is 19.3 Å². The topological polar surface area (TPSA) is 82.1 Å². The van der Waals surface area contributed by atoms with Gasteiger partial charge in [0.05, 0.1) is 39.3 Å². The number of allylic oxidation sites excluding steroid dienone is 2. The molecule has 6 heteroatoms. The van der Waals surface area contributed by atoms with E-state index in [1.165, 1.54) is 57.8 Å². The molecule has 0 aromatic heterocycles. The highest BCUT2D eigenvalue weighted by molar-refractivity contribution is 5.77. The smallest absolute Gasteiger partial charge is 0.306 e. The van der Waals surface area contributed by atoms with Gasteiger partial charge in [-0.1, -0.05) is 79.9 Å². The lowest BCUT2D eigenvalue weighted by molar-refractivity contribution is -0.165. The number of aliphatic hydroxyl groups is 1. The largest absolute Gasteiger partial charge is 0.465 e. The maximum Gasteiger partial charge on any atom is 0.306 e. The monoisotopic (exact) mass is 687 g/mol. The molecule has 9 unspecified atom stereocenters. The highest BCUT2D eigenvalue weighted by Crippen LogP contribution is 2.67. The zero-order chi connectivity index (χ0) is 36.2. The molecular formula is C43H74O6. The number of hydrogen-bond donors (Lipinski definition) is 1. The van der Waals surface area contributed by atoms with Crippen LogP contribution in [0.5, 0.6) is 0 Å². The fraction of sp³-hybridized carbons (Fsp3) is 0.907. The number of fused-ring (bicyclic) bond motifs is 5. The molecular weight excluding hydrogens is 612 g/mol. The first-order chi connectivity index (χ1) is 22.9. The van der Waals surface area contributed by atoms with Gasteiger partial charge in [0.15, 0.2) is 0 Å². The maximum absolute atomic E-state index is 12.6. The van der Waals surface area contributed by atoms with Crippen molar-refractivity contribution in [2.45, 2.75) is 158 Å². The SMILES string of the molecule is CCC(CCC(C)C1CCC2C3CC=C4CC(COC(=O)CCC(=O)OC(C)(C)COCC(C)(C)CO)CCC4(C)C3CCC12C)C(C)C. The number of rotatable bonds is 17. The first-order valence-electron chi connectivity index (χ1n) is 20.2. The summed E-state index contributed by atoms with van der Waals surface area (Å²) in [6, 6.07) is 0. The summed E-state index contributed by atoms with van der Waals surface area (Å²) in [5.74, 6) is 5.45. The minimum atomic E-state index is -0.811. The van der Waals surface area contributed by atoms with E-state index in [1.54, 1.807) is 19.4 Å². The van der Waals surface area contributed by atoms with E-state index in [9.17, 15) is 14.7 Å². The molecule has 49 heavy (non-hydrogen) atoms. The molecule has 282 valence electrons. The summed E-state index contributed by atoms with van der Waals surface area (Å²) in [5, 5.41) is 9.41. The average Bonchev–Trinajstić information content (AvgIpc) is 3.39. The zero-order valence-electron chi connectivity index (χ0n) is 33.2. The normalized spacial score (nSPS) is 32.8. The van der Waals surface area contributed by atoms with Crippen LogP contribution in [0.2, 0.25) is 0 Å². The zero-order valence-corrected chi connectivity index (χ0v) is 33.2. The third kappa shape index (κ3) is 9.73. The van der Waals surface area contributed by atoms with Crippen molar-refractivity contribution in [3.8, 4) is 0 Å². The average molecular weight is 687 g/mol. The molecule has 6 nitrogen and oxygen atoms in total. The molecule has 0 spiro atoms. The van der Waals surface area contributed by atoms with Crippen molar-refractivity contribution in [1.29, 1.82) is 0 Å². The first-order valence-corrected chi connectivity index (χ1v) is 20.2. The van der Waals surface area contributed by atoms with Crippen LogP contribution in [0.1, 0.15) is 153 Å². The van der Waals surface area contributed by atoms with Gasteiger partial charge in [0.2, 0.25) is 0 Å². The predicted octanol–water partition coefficient (Wildman–Crippen LogP) is 9.96. The predicted molar refractivity (Wildman–Crippen MR) is 198 cm³/mol. The summed E-state index contributed by atoms with van der Waals surface area (Å²) >= 11 is 0. The van der Waals surface area contributed by atoms with E-state index in [2.05, 4.69) is 47.6 Å². The number of hydrogen-bond acceptors (Lipinski definition) is 6. The Morgan fingerprint density at radius 3 is 2.33 bits per heavy atom. The molecule has 0 aromatic rings. The fourth-order valence-electron chi connectivity index (χ4n) is 11.0. The Kier molecular flexibility index (Phi) is 13.6. The van der Waals surface area contributed by atoms with Crippen molar-refractivity contribution in [3.05, 3.63) is 11.6 Å². The van der Waals surface area contributed by atoms with E-state index in [1.807, 2.05) is 13.8 Å². The van der Waals surface area contributed by atoms with Crippen molar-refractivity contribution in [2.75, 3.05) is 26.4 Å². The number of esters is 2. The molecule has 4 aliphatic rings. The van der Waals surface area contributed by atoms with E-state index in [-0.39, 0.29) is 42.9 Å². The third-order valence-electron chi connectivity index (χ3n) is 14.2. The van der Waals surface area contributed by atoms with Crippen LogP contribution in [-0.2, 0) is 23.8 Å².